The molecule has 0 saturated carbocycles. The lowest BCUT2D eigenvalue weighted by Crippen LogP contribution is -2.01. The number of carbonyl (C=O) groups is 1. The molecule has 0 spiro atoms. The number of benzene rings is 1. The summed E-state index contributed by atoms with van der Waals surface area (Å²) in [6, 6.07) is 4.33. The Kier molecular flexibility index (Phi) is 5.00. The van der Waals surface area contributed by atoms with Crippen LogP contribution in [0.25, 0.3) is 0 Å². The number of ether oxygens (including phenoxy) is 1. The molecule has 0 atom stereocenters. The standard InChI is InChI=1S/C12H10BrFO2/c1-2-16-12(15)5-3-4-9-6-10(13)8-11(14)7-9/h6-8H,2,5H2,1H3. The van der Waals surface area contributed by atoms with Crippen LogP contribution in [0.4, 0.5) is 4.39 Å². The Labute approximate surface area is 102 Å². The van der Waals surface area contributed by atoms with E-state index in [4.69, 9.17) is 4.74 Å². The zero-order valence-corrected chi connectivity index (χ0v) is 10.3. The van der Waals surface area contributed by atoms with Crippen LogP contribution in [-0.2, 0) is 9.53 Å². The van der Waals surface area contributed by atoms with Gasteiger partial charge in [0.25, 0.3) is 0 Å². The van der Waals surface area contributed by atoms with Crippen molar-refractivity contribution in [3.8, 4) is 11.8 Å². The minimum atomic E-state index is -0.370. The molecular formula is C12H10BrFO2. The number of carbonyl (C=O) groups excluding carboxylic acids is 1. The zero-order valence-electron chi connectivity index (χ0n) is 8.72. The Hall–Kier alpha value is -1.34. The summed E-state index contributed by atoms with van der Waals surface area (Å²) in [6.07, 6.45) is 0.0158. The highest BCUT2D eigenvalue weighted by Gasteiger charge is 1.98. The fraction of sp³-hybridized carbons (Fsp3) is 0.250. The van der Waals surface area contributed by atoms with Crippen LogP contribution in [0, 0.1) is 17.7 Å². The minimum Gasteiger partial charge on any atom is -0.465 e. The Balaban J connectivity index is 2.66. The molecule has 0 saturated heterocycles. The average molecular weight is 285 g/mol. The summed E-state index contributed by atoms with van der Waals surface area (Å²) in [7, 11) is 0. The van der Waals surface area contributed by atoms with E-state index in [0.717, 1.165) is 0 Å². The molecule has 1 aromatic carbocycles. The predicted molar refractivity (Wildman–Crippen MR) is 62.2 cm³/mol. The third kappa shape index (κ3) is 4.45. The van der Waals surface area contributed by atoms with Crippen molar-refractivity contribution in [2.24, 2.45) is 0 Å². The van der Waals surface area contributed by atoms with E-state index in [9.17, 15) is 9.18 Å². The molecule has 0 heterocycles. The second-order valence-electron chi connectivity index (χ2n) is 2.94. The molecule has 0 unspecified atom stereocenters. The van der Waals surface area contributed by atoms with E-state index in [2.05, 4.69) is 27.8 Å². The van der Waals surface area contributed by atoms with Crippen molar-refractivity contribution >= 4 is 21.9 Å². The summed E-state index contributed by atoms with van der Waals surface area (Å²) in [5.74, 6) is 4.59. The maximum atomic E-state index is 12.9. The molecule has 1 aromatic rings. The molecule has 16 heavy (non-hydrogen) atoms. The molecule has 0 aromatic heterocycles. The molecule has 2 nitrogen and oxygen atoms in total. The van der Waals surface area contributed by atoms with Gasteiger partial charge in [-0.2, -0.15) is 0 Å². The molecule has 0 N–H and O–H groups in total. The molecule has 0 aliphatic rings. The van der Waals surface area contributed by atoms with Crippen LogP contribution in [0.5, 0.6) is 0 Å². The fourth-order valence-corrected chi connectivity index (χ4v) is 1.52. The van der Waals surface area contributed by atoms with Gasteiger partial charge in [0.05, 0.1) is 6.61 Å². The smallest absolute Gasteiger partial charge is 0.317 e. The highest BCUT2D eigenvalue weighted by atomic mass is 79.9. The van der Waals surface area contributed by atoms with Crippen LogP contribution >= 0.6 is 15.9 Å². The number of hydrogen-bond acceptors (Lipinski definition) is 2. The maximum absolute atomic E-state index is 12.9. The summed E-state index contributed by atoms with van der Waals surface area (Å²) in [6.45, 7) is 2.07. The molecule has 4 heteroatoms. The molecule has 0 amide bonds. The van der Waals surface area contributed by atoms with E-state index in [-0.39, 0.29) is 18.2 Å². The summed E-state index contributed by atoms with van der Waals surface area (Å²) in [4.78, 5) is 11.0. The third-order valence-corrected chi connectivity index (χ3v) is 2.09. The fourth-order valence-electron chi connectivity index (χ4n) is 1.06. The SMILES string of the molecule is CCOC(=O)CC#Cc1cc(F)cc(Br)c1. The summed E-state index contributed by atoms with van der Waals surface area (Å²) in [5.41, 5.74) is 0.524. The van der Waals surface area contributed by atoms with Gasteiger partial charge in [-0.3, -0.25) is 4.79 Å². The van der Waals surface area contributed by atoms with Gasteiger partial charge in [-0.05, 0) is 25.1 Å². The van der Waals surface area contributed by atoms with Crippen molar-refractivity contribution in [2.45, 2.75) is 13.3 Å². The highest BCUT2D eigenvalue weighted by molar-refractivity contribution is 9.10. The lowest BCUT2D eigenvalue weighted by atomic mass is 10.2. The van der Waals surface area contributed by atoms with Gasteiger partial charge in [-0.25, -0.2) is 4.39 Å². The van der Waals surface area contributed by atoms with Crippen molar-refractivity contribution in [3.63, 3.8) is 0 Å². The van der Waals surface area contributed by atoms with Crippen LogP contribution in [0.3, 0.4) is 0 Å². The van der Waals surface area contributed by atoms with Gasteiger partial charge in [-0.1, -0.05) is 27.8 Å². The Bertz CT molecular complexity index is 426. The Morgan fingerprint density at radius 3 is 2.88 bits per heavy atom. The number of halogens is 2. The van der Waals surface area contributed by atoms with E-state index < -0.39 is 0 Å². The van der Waals surface area contributed by atoms with Gasteiger partial charge >= 0.3 is 5.97 Å². The zero-order chi connectivity index (χ0) is 12.0. The van der Waals surface area contributed by atoms with E-state index in [0.29, 0.717) is 16.6 Å². The highest BCUT2D eigenvalue weighted by Crippen LogP contribution is 2.13. The largest absolute Gasteiger partial charge is 0.465 e. The van der Waals surface area contributed by atoms with Gasteiger partial charge in [0.1, 0.15) is 12.2 Å². The maximum Gasteiger partial charge on any atom is 0.317 e. The predicted octanol–water partition coefficient (Wildman–Crippen LogP) is 2.89. The molecule has 0 radical (unpaired) electrons. The number of hydrogen-bond donors (Lipinski definition) is 0. The molecular weight excluding hydrogens is 275 g/mol. The van der Waals surface area contributed by atoms with Gasteiger partial charge < -0.3 is 4.74 Å². The van der Waals surface area contributed by atoms with Crippen molar-refractivity contribution in [2.75, 3.05) is 6.61 Å². The molecule has 0 aliphatic carbocycles. The van der Waals surface area contributed by atoms with Gasteiger partial charge in [0.15, 0.2) is 0 Å². The quantitative estimate of drug-likeness (QED) is 0.617. The second-order valence-corrected chi connectivity index (χ2v) is 3.86. The second kappa shape index (κ2) is 6.29. The van der Waals surface area contributed by atoms with Gasteiger partial charge in [0.2, 0.25) is 0 Å². The molecule has 84 valence electrons. The topological polar surface area (TPSA) is 26.3 Å². The van der Waals surface area contributed by atoms with Gasteiger partial charge in [-0.15, -0.1) is 0 Å². The molecule has 0 aliphatic heterocycles. The summed E-state index contributed by atoms with van der Waals surface area (Å²) in [5, 5.41) is 0. The lowest BCUT2D eigenvalue weighted by Gasteiger charge is -1.95. The Morgan fingerprint density at radius 2 is 2.25 bits per heavy atom. The van der Waals surface area contributed by atoms with Crippen LogP contribution in [0.1, 0.15) is 18.9 Å². The van der Waals surface area contributed by atoms with E-state index in [1.807, 2.05) is 0 Å². The molecule has 0 bridgehead atoms. The van der Waals surface area contributed by atoms with E-state index in [1.165, 1.54) is 12.1 Å². The first kappa shape index (κ1) is 12.7. The monoisotopic (exact) mass is 284 g/mol. The summed E-state index contributed by atoms with van der Waals surface area (Å²) < 4.78 is 18.3. The first-order valence-electron chi connectivity index (χ1n) is 4.72. The summed E-state index contributed by atoms with van der Waals surface area (Å²) >= 11 is 3.16. The lowest BCUT2D eigenvalue weighted by molar-refractivity contribution is -0.141. The average Bonchev–Trinajstić information content (AvgIpc) is 2.16. The third-order valence-electron chi connectivity index (χ3n) is 1.63. The van der Waals surface area contributed by atoms with Crippen molar-refractivity contribution in [3.05, 3.63) is 34.1 Å². The van der Waals surface area contributed by atoms with Crippen LogP contribution in [0.15, 0.2) is 22.7 Å². The van der Waals surface area contributed by atoms with E-state index in [1.54, 1.807) is 13.0 Å². The van der Waals surface area contributed by atoms with Crippen molar-refractivity contribution in [1.82, 2.24) is 0 Å². The van der Waals surface area contributed by atoms with E-state index >= 15 is 0 Å². The van der Waals surface area contributed by atoms with Crippen LogP contribution in [0.2, 0.25) is 0 Å². The number of esters is 1. The Morgan fingerprint density at radius 1 is 1.50 bits per heavy atom. The van der Waals surface area contributed by atoms with Crippen LogP contribution in [-0.4, -0.2) is 12.6 Å². The number of rotatable bonds is 2. The molecule has 1 rings (SSSR count). The van der Waals surface area contributed by atoms with Crippen molar-refractivity contribution in [1.29, 1.82) is 0 Å². The normalized spacial score (nSPS) is 9.19. The van der Waals surface area contributed by atoms with Crippen molar-refractivity contribution < 1.29 is 13.9 Å². The van der Waals surface area contributed by atoms with Gasteiger partial charge in [0, 0.05) is 10.0 Å². The minimum absolute atomic E-state index is 0.0158. The van der Waals surface area contributed by atoms with Crippen LogP contribution < -0.4 is 0 Å². The first-order valence-corrected chi connectivity index (χ1v) is 5.51. The first-order chi connectivity index (χ1) is 7.61. The molecule has 0 fully saturated rings.